The number of hydrogen-bond acceptors (Lipinski definition) is 5. The Morgan fingerprint density at radius 1 is 1.24 bits per heavy atom. The zero-order valence-electron chi connectivity index (χ0n) is 12.7. The Hall–Kier alpha value is -1.72. The molecule has 0 spiro atoms. The van der Waals surface area contributed by atoms with E-state index in [0.29, 0.717) is 25.5 Å². The summed E-state index contributed by atoms with van der Waals surface area (Å²) in [6.45, 7) is 5.56. The van der Waals surface area contributed by atoms with Crippen molar-refractivity contribution in [3.8, 4) is 0 Å². The van der Waals surface area contributed by atoms with Crippen molar-refractivity contribution in [1.29, 1.82) is 0 Å². The molecule has 112 valence electrons. The van der Waals surface area contributed by atoms with Gasteiger partial charge in [-0.05, 0) is 37.6 Å². The number of rotatable bonds is 4. The van der Waals surface area contributed by atoms with Crippen LogP contribution in [0.2, 0.25) is 0 Å². The van der Waals surface area contributed by atoms with Crippen LogP contribution in [0.5, 0.6) is 0 Å². The molecule has 0 aliphatic carbocycles. The van der Waals surface area contributed by atoms with Gasteiger partial charge in [0.2, 0.25) is 5.89 Å². The molecule has 2 atom stereocenters. The summed E-state index contributed by atoms with van der Waals surface area (Å²) < 4.78 is 10.9. The van der Waals surface area contributed by atoms with Crippen molar-refractivity contribution in [3.63, 3.8) is 0 Å². The second-order valence-electron chi connectivity index (χ2n) is 5.68. The number of aryl methyl sites for hydroxylation is 2. The maximum absolute atomic E-state index is 5.48. The molecule has 0 bridgehead atoms. The minimum atomic E-state index is 0.149. The van der Waals surface area contributed by atoms with Crippen LogP contribution in [0.25, 0.3) is 0 Å². The molecule has 5 nitrogen and oxygen atoms in total. The summed E-state index contributed by atoms with van der Waals surface area (Å²) in [5, 5.41) is 7.34. The van der Waals surface area contributed by atoms with Crippen molar-refractivity contribution in [2.75, 3.05) is 20.3 Å². The average molecular weight is 287 g/mol. The van der Waals surface area contributed by atoms with Gasteiger partial charge >= 0.3 is 0 Å². The molecule has 1 saturated heterocycles. The normalized spacial score (nSPS) is 21.9. The number of aromatic nitrogens is 2. The summed E-state index contributed by atoms with van der Waals surface area (Å²) in [6, 6.07) is 6.68. The van der Waals surface area contributed by atoms with E-state index in [4.69, 9.17) is 9.26 Å². The summed E-state index contributed by atoms with van der Waals surface area (Å²) in [4.78, 5) is 4.54. The van der Waals surface area contributed by atoms with Crippen molar-refractivity contribution in [3.05, 3.63) is 46.6 Å². The van der Waals surface area contributed by atoms with Crippen molar-refractivity contribution in [2.24, 2.45) is 0 Å². The van der Waals surface area contributed by atoms with Gasteiger partial charge in [-0.1, -0.05) is 23.4 Å². The highest BCUT2D eigenvalue weighted by Gasteiger charge is 2.32. The fourth-order valence-electron chi connectivity index (χ4n) is 2.67. The van der Waals surface area contributed by atoms with Gasteiger partial charge in [0, 0.05) is 12.5 Å². The third-order valence-corrected chi connectivity index (χ3v) is 4.19. The monoisotopic (exact) mass is 287 g/mol. The van der Waals surface area contributed by atoms with Gasteiger partial charge in [0.05, 0.1) is 19.1 Å². The molecule has 0 amide bonds. The summed E-state index contributed by atoms with van der Waals surface area (Å²) in [7, 11) is 1.93. The lowest BCUT2D eigenvalue weighted by molar-refractivity contribution is 0.185. The molecule has 0 radical (unpaired) electrons. The molecule has 3 rings (SSSR count). The van der Waals surface area contributed by atoms with E-state index in [9.17, 15) is 0 Å². The first-order chi connectivity index (χ1) is 10.2. The molecule has 1 fully saturated rings. The van der Waals surface area contributed by atoms with Crippen LogP contribution in [0.15, 0.2) is 22.7 Å². The lowest BCUT2D eigenvalue weighted by atomic mass is 10.0. The second-order valence-corrected chi connectivity index (χ2v) is 5.68. The quantitative estimate of drug-likeness (QED) is 0.931. The van der Waals surface area contributed by atoms with Crippen molar-refractivity contribution in [2.45, 2.75) is 32.2 Å². The third-order valence-electron chi connectivity index (χ3n) is 4.19. The summed E-state index contributed by atoms with van der Waals surface area (Å²) >= 11 is 0. The van der Waals surface area contributed by atoms with Crippen LogP contribution >= 0.6 is 0 Å². The highest BCUT2D eigenvalue weighted by atomic mass is 16.5. The Balaban J connectivity index is 1.74. The number of nitrogens with one attached hydrogen (secondary N) is 1. The lowest BCUT2D eigenvalue weighted by Gasteiger charge is -2.11. The van der Waals surface area contributed by atoms with Crippen LogP contribution in [0.4, 0.5) is 0 Å². The molecule has 5 heteroatoms. The van der Waals surface area contributed by atoms with Crippen LogP contribution in [0.3, 0.4) is 0 Å². The van der Waals surface area contributed by atoms with E-state index in [1.807, 2.05) is 7.05 Å². The number of hydrogen-bond donors (Lipinski definition) is 1. The first kappa shape index (κ1) is 14.2. The molecule has 0 saturated carbocycles. The second kappa shape index (κ2) is 5.95. The molecule has 1 aromatic carbocycles. The lowest BCUT2D eigenvalue weighted by Crippen LogP contribution is -2.31. The van der Waals surface area contributed by atoms with Crippen LogP contribution in [-0.4, -0.2) is 36.4 Å². The van der Waals surface area contributed by atoms with Crippen LogP contribution < -0.4 is 5.32 Å². The van der Waals surface area contributed by atoms with Gasteiger partial charge in [-0.2, -0.15) is 4.98 Å². The Labute approximate surface area is 124 Å². The molecule has 1 aliphatic rings. The molecule has 2 aromatic rings. The average Bonchev–Trinajstić information content (AvgIpc) is 3.11. The molecule has 1 aromatic heterocycles. The van der Waals surface area contributed by atoms with Gasteiger partial charge in [0.15, 0.2) is 5.82 Å². The van der Waals surface area contributed by atoms with E-state index in [-0.39, 0.29) is 12.0 Å². The summed E-state index contributed by atoms with van der Waals surface area (Å²) in [5.41, 5.74) is 3.79. The number of nitrogens with zero attached hydrogens (tertiary/aromatic N) is 2. The molecule has 2 unspecified atom stereocenters. The van der Waals surface area contributed by atoms with E-state index in [2.05, 4.69) is 47.5 Å². The van der Waals surface area contributed by atoms with Gasteiger partial charge in [0.1, 0.15) is 0 Å². The number of benzene rings is 1. The maximum atomic E-state index is 5.48. The van der Waals surface area contributed by atoms with Gasteiger partial charge < -0.3 is 14.6 Å². The minimum absolute atomic E-state index is 0.149. The Morgan fingerprint density at radius 2 is 2.10 bits per heavy atom. The van der Waals surface area contributed by atoms with E-state index < -0.39 is 0 Å². The predicted octanol–water partition coefficient (Wildman–Crippen LogP) is 1.98. The zero-order chi connectivity index (χ0) is 14.8. The van der Waals surface area contributed by atoms with Crippen LogP contribution in [0, 0.1) is 13.8 Å². The van der Waals surface area contributed by atoms with Gasteiger partial charge in [0.25, 0.3) is 0 Å². The first-order valence-corrected chi connectivity index (χ1v) is 7.31. The molecule has 2 heterocycles. The van der Waals surface area contributed by atoms with Crippen molar-refractivity contribution >= 4 is 0 Å². The standard InChI is InChI=1S/C16H21N3O2/c1-10-4-5-12(6-11(10)2)7-15-18-16(21-19-15)13-8-20-9-14(13)17-3/h4-6,13-14,17H,7-9H2,1-3H3. The minimum Gasteiger partial charge on any atom is -0.379 e. The zero-order valence-corrected chi connectivity index (χ0v) is 12.7. The molecule has 1 aliphatic heterocycles. The van der Waals surface area contributed by atoms with E-state index in [1.54, 1.807) is 0 Å². The SMILES string of the molecule is CNC1COCC1c1nc(Cc2ccc(C)c(C)c2)no1. The molecular weight excluding hydrogens is 266 g/mol. The van der Waals surface area contributed by atoms with Gasteiger partial charge in [-0.25, -0.2) is 0 Å². The highest BCUT2D eigenvalue weighted by molar-refractivity contribution is 5.31. The van der Waals surface area contributed by atoms with Gasteiger partial charge in [-0.3, -0.25) is 0 Å². The van der Waals surface area contributed by atoms with E-state index >= 15 is 0 Å². The Morgan fingerprint density at radius 3 is 2.86 bits per heavy atom. The topological polar surface area (TPSA) is 60.2 Å². The predicted molar refractivity (Wildman–Crippen MR) is 79.4 cm³/mol. The Kier molecular flexibility index (Phi) is 4.03. The largest absolute Gasteiger partial charge is 0.379 e. The highest BCUT2D eigenvalue weighted by Crippen LogP contribution is 2.24. The summed E-state index contributed by atoms with van der Waals surface area (Å²) in [5.74, 6) is 1.55. The smallest absolute Gasteiger partial charge is 0.233 e. The Bertz CT molecular complexity index is 624. The van der Waals surface area contributed by atoms with Gasteiger partial charge in [-0.15, -0.1) is 0 Å². The fraction of sp³-hybridized carbons (Fsp3) is 0.500. The summed E-state index contributed by atoms with van der Waals surface area (Å²) in [6.07, 6.45) is 0.697. The third kappa shape index (κ3) is 2.99. The molecule has 21 heavy (non-hydrogen) atoms. The number of likely N-dealkylation sites (N-methyl/N-ethyl adjacent to an activating group) is 1. The first-order valence-electron chi connectivity index (χ1n) is 7.31. The van der Waals surface area contributed by atoms with Crippen molar-refractivity contribution < 1.29 is 9.26 Å². The van der Waals surface area contributed by atoms with E-state index in [1.165, 1.54) is 16.7 Å². The van der Waals surface area contributed by atoms with E-state index in [0.717, 1.165) is 5.82 Å². The molecular formula is C16H21N3O2. The maximum Gasteiger partial charge on any atom is 0.233 e. The molecule has 1 N–H and O–H groups in total. The fourth-order valence-corrected chi connectivity index (χ4v) is 2.67. The van der Waals surface area contributed by atoms with Crippen molar-refractivity contribution in [1.82, 2.24) is 15.5 Å². The number of ether oxygens (including phenoxy) is 1. The van der Waals surface area contributed by atoms with Crippen LogP contribution in [0.1, 0.15) is 34.3 Å². The van der Waals surface area contributed by atoms with Crippen LogP contribution in [-0.2, 0) is 11.2 Å².